The molecule has 3 nitrogen and oxygen atoms in total. The van der Waals surface area contributed by atoms with E-state index < -0.39 is 0 Å². The fourth-order valence-corrected chi connectivity index (χ4v) is 5.73. The molecule has 4 heteroatoms. The van der Waals surface area contributed by atoms with Gasteiger partial charge in [-0.2, -0.15) is 0 Å². The number of aryl methyl sites for hydroxylation is 1. The predicted octanol–water partition coefficient (Wildman–Crippen LogP) is 4.60. The molecule has 0 bridgehead atoms. The van der Waals surface area contributed by atoms with Crippen LogP contribution in [0.2, 0.25) is 5.32 Å². The SMILES string of the molecule is COc1cc(OC)c(C(C[Se]c2cccc(C)c2)c2ccccc2)c(OC)c1. The van der Waals surface area contributed by atoms with Gasteiger partial charge in [-0.1, -0.05) is 0 Å². The number of benzene rings is 3. The normalized spacial score (nSPS) is 11.7. The Morgan fingerprint density at radius 1 is 0.786 bits per heavy atom. The van der Waals surface area contributed by atoms with Crippen molar-refractivity contribution in [2.24, 2.45) is 0 Å². The summed E-state index contributed by atoms with van der Waals surface area (Å²) in [6.07, 6.45) is 0. The summed E-state index contributed by atoms with van der Waals surface area (Å²) in [5, 5.41) is 1.01. The molecule has 0 saturated heterocycles. The molecule has 146 valence electrons. The average Bonchev–Trinajstić information content (AvgIpc) is 2.74. The van der Waals surface area contributed by atoms with Crippen LogP contribution >= 0.6 is 0 Å². The van der Waals surface area contributed by atoms with Crippen molar-refractivity contribution in [2.45, 2.75) is 18.2 Å². The number of hydrogen-bond donors (Lipinski definition) is 0. The van der Waals surface area contributed by atoms with Gasteiger partial charge < -0.3 is 0 Å². The summed E-state index contributed by atoms with van der Waals surface area (Å²) in [6, 6.07) is 23.2. The third-order valence-electron chi connectivity index (χ3n) is 4.71. The molecule has 0 spiro atoms. The van der Waals surface area contributed by atoms with E-state index in [2.05, 4.69) is 61.5 Å². The van der Waals surface area contributed by atoms with Crippen LogP contribution in [0.15, 0.2) is 66.7 Å². The molecule has 28 heavy (non-hydrogen) atoms. The first-order valence-corrected chi connectivity index (χ1v) is 11.3. The van der Waals surface area contributed by atoms with Gasteiger partial charge in [0.1, 0.15) is 0 Å². The van der Waals surface area contributed by atoms with Crippen molar-refractivity contribution < 1.29 is 14.2 Å². The molecule has 0 aromatic heterocycles. The predicted molar refractivity (Wildman–Crippen MR) is 116 cm³/mol. The van der Waals surface area contributed by atoms with E-state index >= 15 is 0 Å². The molecule has 0 N–H and O–H groups in total. The van der Waals surface area contributed by atoms with Crippen LogP contribution in [0.5, 0.6) is 17.2 Å². The van der Waals surface area contributed by atoms with Crippen molar-refractivity contribution in [1.29, 1.82) is 0 Å². The maximum absolute atomic E-state index is 5.75. The second-order valence-corrected chi connectivity index (χ2v) is 8.83. The molecule has 3 aromatic carbocycles. The third-order valence-corrected chi connectivity index (χ3v) is 6.99. The maximum atomic E-state index is 5.75. The van der Waals surface area contributed by atoms with E-state index in [1.165, 1.54) is 15.6 Å². The topological polar surface area (TPSA) is 27.7 Å². The molecule has 0 amide bonds. The van der Waals surface area contributed by atoms with Crippen LogP contribution in [0, 0.1) is 6.92 Å². The van der Waals surface area contributed by atoms with Crippen LogP contribution in [0.3, 0.4) is 0 Å². The molecule has 0 aliphatic carbocycles. The Morgan fingerprint density at radius 2 is 1.46 bits per heavy atom. The molecule has 0 fully saturated rings. The zero-order valence-electron chi connectivity index (χ0n) is 16.8. The molecular formula is C24H26O3Se. The van der Waals surface area contributed by atoms with Gasteiger partial charge in [-0.15, -0.1) is 0 Å². The number of ether oxygens (including phenoxy) is 3. The Bertz CT molecular complexity index is 884. The molecule has 0 radical (unpaired) electrons. The summed E-state index contributed by atoms with van der Waals surface area (Å²) in [5.41, 5.74) is 3.64. The monoisotopic (exact) mass is 442 g/mol. The zero-order chi connectivity index (χ0) is 19.9. The van der Waals surface area contributed by atoms with Crippen molar-refractivity contribution in [3.8, 4) is 17.2 Å². The summed E-state index contributed by atoms with van der Waals surface area (Å²) in [6.45, 7) is 2.14. The van der Waals surface area contributed by atoms with Crippen LogP contribution < -0.4 is 18.7 Å². The van der Waals surface area contributed by atoms with Gasteiger partial charge in [0.25, 0.3) is 0 Å². The van der Waals surface area contributed by atoms with Crippen molar-refractivity contribution in [2.75, 3.05) is 21.3 Å². The quantitative estimate of drug-likeness (QED) is 0.479. The van der Waals surface area contributed by atoms with E-state index in [0.717, 1.165) is 28.1 Å². The van der Waals surface area contributed by atoms with E-state index in [1.807, 2.05) is 12.1 Å². The molecule has 1 unspecified atom stereocenters. The van der Waals surface area contributed by atoms with Crippen LogP contribution in [0.25, 0.3) is 0 Å². The van der Waals surface area contributed by atoms with Crippen molar-refractivity contribution in [3.63, 3.8) is 0 Å². The zero-order valence-corrected chi connectivity index (χ0v) is 18.5. The molecule has 0 aliphatic heterocycles. The number of hydrogen-bond acceptors (Lipinski definition) is 3. The van der Waals surface area contributed by atoms with Gasteiger partial charge in [-0.3, -0.25) is 0 Å². The van der Waals surface area contributed by atoms with E-state index in [0.29, 0.717) is 15.0 Å². The molecule has 1 atom stereocenters. The average molecular weight is 441 g/mol. The first-order chi connectivity index (χ1) is 13.7. The molecule has 0 aliphatic rings. The molecule has 3 rings (SSSR count). The summed E-state index contributed by atoms with van der Waals surface area (Å²) in [5.74, 6) is 2.50. The van der Waals surface area contributed by atoms with E-state index in [4.69, 9.17) is 14.2 Å². The molecule has 3 aromatic rings. The fourth-order valence-electron chi connectivity index (χ4n) is 3.29. The Balaban J connectivity index is 2.04. The van der Waals surface area contributed by atoms with Gasteiger partial charge in [0.15, 0.2) is 0 Å². The molecule has 0 heterocycles. The van der Waals surface area contributed by atoms with E-state index in [-0.39, 0.29) is 5.92 Å². The summed E-state index contributed by atoms with van der Waals surface area (Å²) in [7, 11) is 5.06. The summed E-state index contributed by atoms with van der Waals surface area (Å²) >= 11 is 0.322. The molecule has 0 saturated carbocycles. The van der Waals surface area contributed by atoms with Gasteiger partial charge in [0.05, 0.1) is 0 Å². The van der Waals surface area contributed by atoms with Crippen LogP contribution in [0.1, 0.15) is 22.6 Å². The van der Waals surface area contributed by atoms with E-state index in [9.17, 15) is 0 Å². The van der Waals surface area contributed by atoms with Crippen LogP contribution in [0.4, 0.5) is 0 Å². The minimum absolute atomic E-state index is 0.178. The standard InChI is InChI=1S/C24H26O3Se/c1-17-9-8-12-20(13-17)28-16-21(18-10-6-5-7-11-18)24-22(26-3)14-19(25-2)15-23(24)27-4/h5-15,21H,16H2,1-4H3. The number of methoxy groups -OCH3 is 3. The Labute approximate surface area is 173 Å². The minimum atomic E-state index is 0.178. The van der Waals surface area contributed by atoms with Gasteiger partial charge in [0.2, 0.25) is 0 Å². The summed E-state index contributed by atoms with van der Waals surface area (Å²) < 4.78 is 18.3. The first-order valence-electron chi connectivity index (χ1n) is 9.20. The molecular weight excluding hydrogens is 415 g/mol. The van der Waals surface area contributed by atoms with Crippen molar-refractivity contribution >= 4 is 19.4 Å². The van der Waals surface area contributed by atoms with Gasteiger partial charge in [-0.05, 0) is 0 Å². The van der Waals surface area contributed by atoms with Gasteiger partial charge in [0, 0.05) is 0 Å². The summed E-state index contributed by atoms with van der Waals surface area (Å²) in [4.78, 5) is 0. The van der Waals surface area contributed by atoms with Crippen molar-refractivity contribution in [1.82, 2.24) is 0 Å². The van der Waals surface area contributed by atoms with Crippen molar-refractivity contribution in [3.05, 3.63) is 83.4 Å². The fraction of sp³-hybridized carbons (Fsp3) is 0.250. The first kappa shape index (κ1) is 20.3. The van der Waals surface area contributed by atoms with E-state index in [1.54, 1.807) is 21.3 Å². The second kappa shape index (κ2) is 9.68. The van der Waals surface area contributed by atoms with Crippen LogP contribution in [-0.2, 0) is 0 Å². The number of rotatable bonds is 8. The van der Waals surface area contributed by atoms with Gasteiger partial charge in [-0.25, -0.2) is 0 Å². The Morgan fingerprint density at radius 3 is 2.04 bits per heavy atom. The Hall–Kier alpha value is -2.42. The third kappa shape index (κ3) is 4.70. The second-order valence-electron chi connectivity index (χ2n) is 6.54. The van der Waals surface area contributed by atoms with Gasteiger partial charge >= 0.3 is 174 Å². The van der Waals surface area contributed by atoms with Crippen LogP contribution in [-0.4, -0.2) is 36.3 Å². The Kier molecular flexibility index (Phi) is 7.02.